The van der Waals surface area contributed by atoms with Crippen molar-refractivity contribution in [1.29, 1.82) is 0 Å². The lowest BCUT2D eigenvalue weighted by Crippen LogP contribution is -2.24. The van der Waals surface area contributed by atoms with Crippen LogP contribution in [0.4, 0.5) is 0 Å². The van der Waals surface area contributed by atoms with Crippen molar-refractivity contribution in [3.05, 3.63) is 191 Å². The van der Waals surface area contributed by atoms with Gasteiger partial charge in [-0.2, -0.15) is 0 Å². The first kappa shape index (κ1) is 31.9. The number of esters is 1. The minimum absolute atomic E-state index is 0.206. The van der Waals surface area contributed by atoms with Crippen LogP contribution in [-0.4, -0.2) is 22.5 Å². The lowest BCUT2D eigenvalue weighted by Gasteiger charge is -2.17. The van der Waals surface area contributed by atoms with Gasteiger partial charge in [0.05, 0.1) is 12.4 Å². The number of carbonyl (C=O) groups excluding carboxylic acids is 1. The number of alkyl halides is 1. The summed E-state index contributed by atoms with van der Waals surface area (Å²) in [6, 6.07) is 55.2. The first-order valence-corrected chi connectivity index (χ1v) is 17.0. The fraction of sp³-hybridized carbons (Fsp3) is 0.0889. The van der Waals surface area contributed by atoms with Gasteiger partial charge in [0.1, 0.15) is 6.10 Å². The maximum atomic E-state index is 11.9. The van der Waals surface area contributed by atoms with E-state index in [-0.39, 0.29) is 11.8 Å². The molecule has 0 bridgehead atoms. The predicted octanol–water partition coefficient (Wildman–Crippen LogP) is 11.1. The zero-order valence-electron chi connectivity index (χ0n) is 27.3. The van der Waals surface area contributed by atoms with E-state index in [0.29, 0.717) is 6.54 Å². The average Bonchev–Trinajstić information content (AvgIpc) is 3.45. The molecule has 1 aromatic heterocycles. The van der Waals surface area contributed by atoms with Crippen LogP contribution in [0, 0.1) is 0 Å². The standard InChI is InChI=1S/C45H36ClNO2/c1-32(48)49-39(30-46)31-47-44-24-22-33(26-40(35-14-6-2-7-15-35)36-16-8-3-9-17-36)28-42(44)43-29-34(23-25-45(43)47)27-41(37-18-10-4-11-19-37)38-20-12-5-13-21-38/h2-29,39H,30-31H2,1H3. The molecule has 0 radical (unpaired) electrons. The molecule has 7 aromatic rings. The zero-order valence-corrected chi connectivity index (χ0v) is 28.1. The van der Waals surface area contributed by atoms with Gasteiger partial charge in [-0.1, -0.05) is 133 Å². The fourth-order valence-electron chi connectivity index (χ4n) is 6.54. The summed E-state index contributed by atoms with van der Waals surface area (Å²) >= 11 is 6.32. The molecule has 3 nitrogen and oxygen atoms in total. The monoisotopic (exact) mass is 657 g/mol. The Morgan fingerprint density at radius 1 is 0.592 bits per heavy atom. The van der Waals surface area contributed by atoms with Gasteiger partial charge >= 0.3 is 5.97 Å². The van der Waals surface area contributed by atoms with Crippen LogP contribution < -0.4 is 0 Å². The van der Waals surface area contributed by atoms with Crippen molar-refractivity contribution < 1.29 is 9.53 Å². The smallest absolute Gasteiger partial charge is 0.303 e. The number of carbonyl (C=O) groups is 1. The highest BCUT2D eigenvalue weighted by Gasteiger charge is 2.18. The number of hydrogen-bond donors (Lipinski definition) is 0. The summed E-state index contributed by atoms with van der Waals surface area (Å²) in [6.45, 7) is 1.88. The highest BCUT2D eigenvalue weighted by atomic mass is 35.5. The second-order valence-electron chi connectivity index (χ2n) is 12.1. The minimum atomic E-state index is -0.456. The molecule has 0 spiro atoms. The topological polar surface area (TPSA) is 31.2 Å². The Bertz CT molecular complexity index is 2040. The van der Waals surface area contributed by atoms with Gasteiger partial charge in [0.25, 0.3) is 0 Å². The van der Waals surface area contributed by atoms with Crippen molar-refractivity contribution in [2.24, 2.45) is 0 Å². The third-order valence-electron chi connectivity index (χ3n) is 8.77. The van der Waals surface area contributed by atoms with Gasteiger partial charge in [0, 0.05) is 28.7 Å². The largest absolute Gasteiger partial charge is 0.459 e. The van der Waals surface area contributed by atoms with Crippen molar-refractivity contribution in [2.45, 2.75) is 19.6 Å². The van der Waals surface area contributed by atoms with E-state index in [0.717, 1.165) is 66.3 Å². The minimum Gasteiger partial charge on any atom is -0.459 e. The van der Waals surface area contributed by atoms with Gasteiger partial charge in [-0.05, 0) is 80.9 Å². The molecule has 7 rings (SSSR count). The molecule has 1 atom stereocenters. The fourth-order valence-corrected chi connectivity index (χ4v) is 6.70. The Morgan fingerprint density at radius 2 is 0.959 bits per heavy atom. The number of ether oxygens (including phenoxy) is 1. The van der Waals surface area contributed by atoms with Crippen molar-refractivity contribution in [3.63, 3.8) is 0 Å². The third-order valence-corrected chi connectivity index (χ3v) is 9.11. The SMILES string of the molecule is CC(=O)OC(CCl)Cn1c2ccc(C=C(c3ccccc3)c3ccccc3)cc2c2cc(C=C(c3ccccc3)c3ccccc3)ccc21. The highest BCUT2D eigenvalue weighted by Crippen LogP contribution is 2.35. The van der Waals surface area contributed by atoms with Crippen LogP contribution >= 0.6 is 11.6 Å². The zero-order chi connectivity index (χ0) is 33.6. The second-order valence-corrected chi connectivity index (χ2v) is 12.4. The molecule has 0 fully saturated rings. The summed E-state index contributed by atoms with van der Waals surface area (Å²) in [5, 5.41) is 2.24. The van der Waals surface area contributed by atoms with Gasteiger partial charge in [0.15, 0.2) is 0 Å². The van der Waals surface area contributed by atoms with Crippen LogP contribution in [0.15, 0.2) is 158 Å². The van der Waals surface area contributed by atoms with Crippen LogP contribution in [0.1, 0.15) is 40.3 Å². The van der Waals surface area contributed by atoms with E-state index in [4.69, 9.17) is 16.3 Å². The molecule has 1 unspecified atom stereocenters. The quantitative estimate of drug-likeness (QED) is 0.0832. The van der Waals surface area contributed by atoms with E-state index < -0.39 is 6.10 Å². The van der Waals surface area contributed by atoms with Crippen LogP contribution in [-0.2, 0) is 16.1 Å². The van der Waals surface area contributed by atoms with E-state index in [1.54, 1.807) is 0 Å². The number of hydrogen-bond acceptors (Lipinski definition) is 2. The first-order valence-electron chi connectivity index (χ1n) is 16.5. The Hall–Kier alpha value is -5.64. The molecule has 0 N–H and O–H groups in total. The van der Waals surface area contributed by atoms with Gasteiger partial charge in [0.2, 0.25) is 0 Å². The van der Waals surface area contributed by atoms with Crippen LogP contribution in [0.5, 0.6) is 0 Å². The summed E-state index contributed by atoms with van der Waals surface area (Å²) in [5.74, 6) is -0.132. The molecular weight excluding hydrogens is 622 g/mol. The van der Waals surface area contributed by atoms with E-state index in [9.17, 15) is 4.79 Å². The molecule has 6 aromatic carbocycles. The number of halogens is 1. The summed E-state index contributed by atoms with van der Waals surface area (Å²) < 4.78 is 7.84. The Balaban J connectivity index is 1.42. The molecule has 4 heteroatoms. The van der Waals surface area contributed by atoms with Crippen molar-refractivity contribution in [2.75, 3.05) is 5.88 Å². The van der Waals surface area contributed by atoms with Gasteiger partial charge in [-0.3, -0.25) is 4.79 Å². The lowest BCUT2D eigenvalue weighted by molar-refractivity contribution is -0.145. The highest BCUT2D eigenvalue weighted by molar-refractivity contribution is 6.18. The van der Waals surface area contributed by atoms with E-state index in [1.807, 2.05) is 24.3 Å². The van der Waals surface area contributed by atoms with Gasteiger partial charge in [-0.25, -0.2) is 0 Å². The maximum absolute atomic E-state index is 11.9. The lowest BCUT2D eigenvalue weighted by atomic mass is 9.94. The molecule has 1 heterocycles. The average molecular weight is 658 g/mol. The number of fused-ring (bicyclic) bond motifs is 3. The Morgan fingerprint density at radius 3 is 1.29 bits per heavy atom. The molecule has 0 aliphatic heterocycles. The molecule has 49 heavy (non-hydrogen) atoms. The van der Waals surface area contributed by atoms with Crippen LogP contribution in [0.25, 0.3) is 45.1 Å². The summed E-state index contributed by atoms with van der Waals surface area (Å²) in [6.07, 6.45) is 4.07. The molecule has 0 saturated carbocycles. The summed E-state index contributed by atoms with van der Waals surface area (Å²) in [5.41, 5.74) is 11.2. The van der Waals surface area contributed by atoms with Gasteiger partial charge < -0.3 is 9.30 Å². The Kier molecular flexibility index (Phi) is 9.54. The van der Waals surface area contributed by atoms with Crippen LogP contribution in [0.3, 0.4) is 0 Å². The normalized spacial score (nSPS) is 11.6. The molecule has 0 amide bonds. The van der Waals surface area contributed by atoms with Crippen LogP contribution in [0.2, 0.25) is 0 Å². The number of rotatable bonds is 10. The number of aromatic nitrogens is 1. The summed E-state index contributed by atoms with van der Waals surface area (Å²) in [4.78, 5) is 11.9. The molecular formula is C45H36ClNO2. The molecule has 0 aliphatic rings. The first-order chi connectivity index (χ1) is 24.1. The number of nitrogens with zero attached hydrogens (tertiary/aromatic N) is 1. The van der Waals surface area contributed by atoms with Crippen molar-refractivity contribution in [3.8, 4) is 0 Å². The van der Waals surface area contributed by atoms with E-state index in [1.165, 1.54) is 6.92 Å². The van der Waals surface area contributed by atoms with Crippen molar-refractivity contribution >= 4 is 62.7 Å². The molecule has 0 aliphatic carbocycles. The summed E-state index contributed by atoms with van der Waals surface area (Å²) in [7, 11) is 0. The predicted molar refractivity (Wildman–Crippen MR) is 205 cm³/mol. The molecule has 0 saturated heterocycles. The van der Waals surface area contributed by atoms with Gasteiger partial charge in [-0.15, -0.1) is 11.6 Å². The third kappa shape index (κ3) is 7.13. The maximum Gasteiger partial charge on any atom is 0.303 e. The molecule has 240 valence electrons. The van der Waals surface area contributed by atoms with E-state index >= 15 is 0 Å². The Labute approximate surface area is 292 Å². The van der Waals surface area contributed by atoms with E-state index in [2.05, 4.69) is 150 Å². The van der Waals surface area contributed by atoms with Crippen molar-refractivity contribution in [1.82, 2.24) is 4.57 Å². The number of benzene rings is 6. The second kappa shape index (κ2) is 14.6.